The van der Waals surface area contributed by atoms with E-state index in [1.165, 1.54) is 0 Å². The summed E-state index contributed by atoms with van der Waals surface area (Å²) < 4.78 is 69.9. The summed E-state index contributed by atoms with van der Waals surface area (Å²) in [6.07, 6.45) is -13.7. The molecule has 0 fully saturated rings. The Balaban J connectivity index is 5.26. The van der Waals surface area contributed by atoms with E-state index in [9.17, 15) is 26.3 Å². The van der Waals surface area contributed by atoms with Crippen molar-refractivity contribution in [3.8, 4) is 0 Å². The first-order chi connectivity index (χ1) is 6.21. The second-order valence-corrected chi connectivity index (χ2v) is 4.96. The molecule has 0 saturated carbocycles. The van der Waals surface area contributed by atoms with E-state index in [1.54, 1.807) is 0 Å². The monoisotopic (exact) mass is 278 g/mol. The van der Waals surface area contributed by atoms with Crippen LogP contribution in [-0.4, -0.2) is 27.4 Å². The van der Waals surface area contributed by atoms with Crippen LogP contribution in [-0.2, 0) is 0 Å². The molecular weight excluding hydrogens is 273 g/mol. The van der Waals surface area contributed by atoms with Crippen molar-refractivity contribution in [3.63, 3.8) is 0 Å². The Kier molecular flexibility index (Phi) is 3.88. The largest absolute Gasteiger partial charge is 0.426 e. The minimum atomic E-state index is -5.89. The van der Waals surface area contributed by atoms with E-state index in [-0.39, 0.29) is 0 Å². The molecule has 0 aliphatic heterocycles. The highest BCUT2D eigenvalue weighted by molar-refractivity contribution is 6.48. The molecule has 0 rings (SSSR count). The van der Waals surface area contributed by atoms with Crippen molar-refractivity contribution < 1.29 is 31.4 Å². The van der Waals surface area contributed by atoms with Gasteiger partial charge in [0, 0.05) is 6.42 Å². The van der Waals surface area contributed by atoms with E-state index < -0.39 is 28.7 Å². The van der Waals surface area contributed by atoms with Crippen LogP contribution in [0.4, 0.5) is 26.3 Å². The van der Waals surface area contributed by atoms with E-state index in [1.807, 2.05) is 0 Å². The average Bonchev–Trinajstić information content (AvgIpc) is 1.77. The van der Waals surface area contributed by atoms with Crippen molar-refractivity contribution in [1.29, 1.82) is 0 Å². The van der Waals surface area contributed by atoms with Gasteiger partial charge in [-0.15, -0.1) is 23.2 Å². The van der Waals surface area contributed by atoms with Crippen molar-refractivity contribution >= 4 is 23.2 Å². The lowest BCUT2D eigenvalue weighted by atomic mass is 9.96. The first kappa shape index (κ1) is 15.1. The van der Waals surface area contributed by atoms with Gasteiger partial charge in [-0.3, -0.25) is 0 Å². The molecule has 0 radical (unpaired) electrons. The van der Waals surface area contributed by atoms with Gasteiger partial charge in [0.25, 0.3) is 5.60 Å². The van der Waals surface area contributed by atoms with E-state index in [4.69, 9.17) is 28.3 Å². The van der Waals surface area contributed by atoms with Gasteiger partial charge < -0.3 is 5.11 Å². The number of aliphatic hydroxyl groups is 1. The lowest BCUT2D eigenvalue weighted by Crippen LogP contribution is -2.58. The van der Waals surface area contributed by atoms with Crippen molar-refractivity contribution in [1.82, 2.24) is 0 Å². The third kappa shape index (κ3) is 3.57. The van der Waals surface area contributed by atoms with Gasteiger partial charge in [0.15, 0.2) is 0 Å². The molecule has 1 N–H and O–H groups in total. The SMILES string of the molecule is CC(Cl)(Cl)CC(O)(C(F)(F)F)C(F)(F)F. The van der Waals surface area contributed by atoms with Crippen LogP contribution < -0.4 is 0 Å². The summed E-state index contributed by atoms with van der Waals surface area (Å²) in [6.45, 7) is 0.721. The summed E-state index contributed by atoms with van der Waals surface area (Å²) in [4.78, 5) is 0. The lowest BCUT2D eigenvalue weighted by molar-refractivity contribution is -0.370. The highest BCUT2D eigenvalue weighted by Crippen LogP contribution is 2.49. The first-order valence-electron chi connectivity index (χ1n) is 3.44. The van der Waals surface area contributed by atoms with Crippen molar-refractivity contribution in [3.05, 3.63) is 0 Å². The van der Waals surface area contributed by atoms with Crippen molar-refractivity contribution in [2.45, 2.75) is 35.6 Å². The van der Waals surface area contributed by atoms with Gasteiger partial charge in [0.05, 0.1) is 0 Å². The molecule has 0 bridgehead atoms. The molecule has 0 unspecified atom stereocenters. The third-order valence-corrected chi connectivity index (χ3v) is 1.77. The van der Waals surface area contributed by atoms with Gasteiger partial charge in [0.1, 0.15) is 4.33 Å². The summed E-state index contributed by atoms with van der Waals surface area (Å²) in [7, 11) is 0. The molecule has 9 heteroatoms. The molecule has 0 aliphatic carbocycles. The normalized spacial score (nSPS) is 15.6. The summed E-state index contributed by atoms with van der Waals surface area (Å²) in [5.74, 6) is 0. The first-order valence-corrected chi connectivity index (χ1v) is 4.20. The Morgan fingerprint density at radius 1 is 0.933 bits per heavy atom. The fraction of sp³-hybridized carbons (Fsp3) is 1.00. The van der Waals surface area contributed by atoms with Gasteiger partial charge in [0.2, 0.25) is 0 Å². The molecule has 0 atom stereocenters. The topological polar surface area (TPSA) is 20.2 Å². The van der Waals surface area contributed by atoms with Crippen LogP contribution in [0.15, 0.2) is 0 Å². The molecule has 0 spiro atoms. The summed E-state index contributed by atoms with van der Waals surface area (Å²) in [6, 6.07) is 0. The predicted octanol–water partition coefficient (Wildman–Crippen LogP) is 3.43. The van der Waals surface area contributed by atoms with Crippen LogP contribution >= 0.6 is 23.2 Å². The zero-order chi connectivity index (χ0) is 12.7. The number of halogens is 8. The van der Waals surface area contributed by atoms with E-state index >= 15 is 0 Å². The summed E-state index contributed by atoms with van der Waals surface area (Å²) in [5.41, 5.74) is -4.90. The smallest absolute Gasteiger partial charge is 0.374 e. The molecule has 0 aliphatic rings. The van der Waals surface area contributed by atoms with Crippen LogP contribution in [0, 0.1) is 0 Å². The molecule has 0 amide bonds. The second-order valence-electron chi connectivity index (χ2n) is 3.10. The molecule has 15 heavy (non-hydrogen) atoms. The van der Waals surface area contributed by atoms with Crippen LogP contribution in [0.5, 0.6) is 0 Å². The van der Waals surface area contributed by atoms with Crippen LogP contribution in [0.3, 0.4) is 0 Å². The quantitative estimate of drug-likeness (QED) is 0.606. The maximum Gasteiger partial charge on any atom is 0.426 e. The molecule has 1 nitrogen and oxygen atoms in total. The zero-order valence-corrected chi connectivity index (χ0v) is 8.69. The Morgan fingerprint density at radius 3 is 1.27 bits per heavy atom. The number of hydrogen-bond acceptors (Lipinski definition) is 1. The fourth-order valence-electron chi connectivity index (χ4n) is 0.810. The van der Waals surface area contributed by atoms with Crippen molar-refractivity contribution in [2.24, 2.45) is 0 Å². The average molecular weight is 279 g/mol. The number of hydrogen-bond donors (Lipinski definition) is 1. The fourth-order valence-corrected chi connectivity index (χ4v) is 1.20. The Labute approximate surface area is 91.0 Å². The predicted molar refractivity (Wildman–Crippen MR) is 41.8 cm³/mol. The minimum Gasteiger partial charge on any atom is -0.374 e. The molecule has 0 aromatic carbocycles. The van der Waals surface area contributed by atoms with E-state index in [0.717, 1.165) is 6.92 Å². The number of alkyl halides is 8. The summed E-state index contributed by atoms with van der Waals surface area (Å²) in [5, 5.41) is 8.60. The third-order valence-electron chi connectivity index (χ3n) is 1.50. The molecule has 0 saturated heterocycles. The van der Waals surface area contributed by atoms with Crippen molar-refractivity contribution in [2.75, 3.05) is 0 Å². The van der Waals surface area contributed by atoms with Crippen LogP contribution in [0.25, 0.3) is 0 Å². The van der Waals surface area contributed by atoms with Gasteiger partial charge in [-0.05, 0) is 6.92 Å². The standard InChI is InChI=1S/C6H6Cl2F6O/c1-3(7,8)2-4(15,5(9,10)11)6(12,13)14/h15H,2H2,1H3. The molecule has 0 aromatic rings. The van der Waals surface area contributed by atoms with Crippen LogP contribution in [0.1, 0.15) is 13.3 Å². The molecule has 0 aromatic heterocycles. The lowest BCUT2D eigenvalue weighted by Gasteiger charge is -2.35. The van der Waals surface area contributed by atoms with Gasteiger partial charge in [-0.2, -0.15) is 26.3 Å². The van der Waals surface area contributed by atoms with Crippen LogP contribution in [0.2, 0.25) is 0 Å². The van der Waals surface area contributed by atoms with Gasteiger partial charge >= 0.3 is 12.4 Å². The molecular formula is C6H6Cl2F6O. The molecule has 0 heterocycles. The highest BCUT2D eigenvalue weighted by atomic mass is 35.5. The van der Waals surface area contributed by atoms with Gasteiger partial charge in [-0.1, -0.05) is 0 Å². The van der Waals surface area contributed by atoms with E-state index in [2.05, 4.69) is 0 Å². The highest BCUT2D eigenvalue weighted by Gasteiger charge is 2.71. The Morgan fingerprint density at radius 2 is 1.20 bits per heavy atom. The maximum atomic E-state index is 12.0. The second kappa shape index (κ2) is 3.85. The maximum absolute atomic E-state index is 12.0. The summed E-state index contributed by atoms with van der Waals surface area (Å²) >= 11 is 10.1. The van der Waals surface area contributed by atoms with E-state index in [0.29, 0.717) is 0 Å². The molecule has 92 valence electrons. The number of rotatable bonds is 2. The zero-order valence-electron chi connectivity index (χ0n) is 7.18. The van der Waals surface area contributed by atoms with Gasteiger partial charge in [-0.25, -0.2) is 0 Å². The minimum absolute atomic E-state index is 0.721. The Hall–Kier alpha value is 0.120. The Bertz CT molecular complexity index is 213.